The molecule has 5 nitrogen and oxygen atoms in total. The Labute approximate surface area is 151 Å². The number of benzene rings is 1. The lowest BCUT2D eigenvalue weighted by molar-refractivity contribution is 0.00554. The minimum atomic E-state index is -0.274. The van der Waals surface area contributed by atoms with E-state index in [-0.39, 0.29) is 12.0 Å². The van der Waals surface area contributed by atoms with E-state index in [0.717, 1.165) is 30.9 Å². The van der Waals surface area contributed by atoms with Gasteiger partial charge >= 0.3 is 0 Å². The maximum absolute atomic E-state index is 12.7. The van der Waals surface area contributed by atoms with Gasteiger partial charge in [-0.05, 0) is 45.2 Å². The number of hydrogen-bond donors (Lipinski definition) is 0. The summed E-state index contributed by atoms with van der Waals surface area (Å²) in [6.45, 7) is 6.01. The average Bonchev–Trinajstić information content (AvgIpc) is 2.95. The van der Waals surface area contributed by atoms with Crippen LogP contribution in [0.5, 0.6) is 5.75 Å². The van der Waals surface area contributed by atoms with E-state index in [1.54, 1.807) is 12.1 Å². The number of aromatic nitrogens is 1. The minimum Gasteiger partial charge on any atom is -0.493 e. The number of nitrogens with zero attached hydrogens (tertiary/aromatic N) is 2. The zero-order chi connectivity index (χ0) is 17.6. The van der Waals surface area contributed by atoms with Crippen molar-refractivity contribution in [3.05, 3.63) is 45.7 Å². The molecule has 1 amide bonds. The minimum absolute atomic E-state index is 0.201. The summed E-state index contributed by atoms with van der Waals surface area (Å²) in [6.07, 6.45) is 5.63. The van der Waals surface area contributed by atoms with Crippen molar-refractivity contribution in [1.82, 2.24) is 4.57 Å². The number of amides is 1. The first-order chi connectivity index (χ1) is 12.2. The molecule has 0 radical (unpaired) electrons. The summed E-state index contributed by atoms with van der Waals surface area (Å²) in [5.74, 6) is 0.304. The van der Waals surface area contributed by atoms with Gasteiger partial charge in [-0.2, -0.15) is 4.99 Å². The lowest BCUT2D eigenvalue weighted by Gasteiger charge is -2.22. The Morgan fingerprint density at radius 2 is 2.24 bits per heavy atom. The molecule has 1 fully saturated rings. The monoisotopic (exact) mass is 360 g/mol. The van der Waals surface area contributed by atoms with Crippen LogP contribution >= 0.6 is 11.3 Å². The number of rotatable bonds is 5. The second-order valence-electron chi connectivity index (χ2n) is 6.11. The van der Waals surface area contributed by atoms with Crippen molar-refractivity contribution in [3.63, 3.8) is 0 Å². The van der Waals surface area contributed by atoms with E-state index in [4.69, 9.17) is 9.47 Å². The number of carbonyl (C=O) groups is 1. The third-order valence-electron chi connectivity index (χ3n) is 4.12. The molecule has 0 saturated carbocycles. The van der Waals surface area contributed by atoms with Crippen molar-refractivity contribution in [2.75, 3.05) is 13.2 Å². The highest BCUT2D eigenvalue weighted by atomic mass is 32.1. The van der Waals surface area contributed by atoms with Crippen molar-refractivity contribution in [2.45, 2.75) is 45.8 Å². The van der Waals surface area contributed by atoms with E-state index in [0.29, 0.717) is 22.7 Å². The molecule has 1 aliphatic rings. The maximum Gasteiger partial charge on any atom is 0.283 e. The molecule has 6 heteroatoms. The molecule has 0 N–H and O–H groups in total. The molecule has 0 bridgehead atoms. The molecule has 1 saturated heterocycles. The molecule has 0 spiro atoms. The molecule has 0 aliphatic carbocycles. The highest BCUT2D eigenvalue weighted by Crippen LogP contribution is 2.19. The van der Waals surface area contributed by atoms with Gasteiger partial charge < -0.3 is 14.0 Å². The summed E-state index contributed by atoms with van der Waals surface area (Å²) < 4.78 is 13.4. The third kappa shape index (κ3) is 4.58. The predicted octanol–water partition coefficient (Wildman–Crippen LogP) is 3.57. The van der Waals surface area contributed by atoms with Gasteiger partial charge in [-0.3, -0.25) is 4.79 Å². The van der Waals surface area contributed by atoms with E-state index in [2.05, 4.69) is 4.99 Å². The number of ether oxygens (including phenoxy) is 2. The maximum atomic E-state index is 12.7. The Morgan fingerprint density at radius 1 is 1.40 bits per heavy atom. The summed E-state index contributed by atoms with van der Waals surface area (Å²) in [5.41, 5.74) is 0.496. The van der Waals surface area contributed by atoms with Crippen LogP contribution in [0, 0.1) is 6.92 Å². The molecular weight excluding hydrogens is 336 g/mol. The van der Waals surface area contributed by atoms with Gasteiger partial charge in [-0.1, -0.05) is 12.1 Å². The lowest BCUT2D eigenvalue weighted by Crippen LogP contribution is -2.28. The topological polar surface area (TPSA) is 52.8 Å². The molecule has 2 heterocycles. The fourth-order valence-electron chi connectivity index (χ4n) is 2.96. The second-order valence-corrected chi connectivity index (χ2v) is 7.32. The molecule has 134 valence electrons. The highest BCUT2D eigenvalue weighted by Gasteiger charge is 2.16. The van der Waals surface area contributed by atoms with Crippen LogP contribution in [0.1, 0.15) is 41.4 Å². The van der Waals surface area contributed by atoms with E-state index in [1.807, 2.05) is 36.7 Å². The summed E-state index contributed by atoms with van der Waals surface area (Å²) >= 11 is 1.52. The van der Waals surface area contributed by atoms with Gasteiger partial charge in [0.15, 0.2) is 4.80 Å². The number of carbonyl (C=O) groups excluding carboxylic acids is 1. The quantitative estimate of drug-likeness (QED) is 0.819. The Kier molecular flexibility index (Phi) is 6.04. The Morgan fingerprint density at radius 3 is 3.00 bits per heavy atom. The number of thiazole rings is 1. The molecule has 1 aliphatic heterocycles. The van der Waals surface area contributed by atoms with Gasteiger partial charge in [0.25, 0.3) is 5.91 Å². The molecule has 2 aromatic rings. The standard InChI is InChI=1S/C19H24N2O3S/c1-3-23-17-10-5-4-9-16(17)18(22)20-19-21(12-14(2)25-19)13-15-8-6-7-11-24-15/h4-5,9-10,12,15H,3,6-8,11,13H2,1-2H3/b20-19-. The first-order valence-electron chi connectivity index (χ1n) is 8.76. The van der Waals surface area contributed by atoms with Gasteiger partial charge in [0, 0.05) is 17.7 Å². The number of hydrogen-bond acceptors (Lipinski definition) is 4. The summed E-state index contributed by atoms with van der Waals surface area (Å²) in [6, 6.07) is 7.24. The van der Waals surface area contributed by atoms with E-state index in [1.165, 1.54) is 17.8 Å². The lowest BCUT2D eigenvalue weighted by atomic mass is 10.1. The molecule has 25 heavy (non-hydrogen) atoms. The molecule has 3 rings (SSSR count). The van der Waals surface area contributed by atoms with Crippen LogP contribution in [0.2, 0.25) is 0 Å². The third-order valence-corrected chi connectivity index (χ3v) is 5.06. The number of aryl methyl sites for hydroxylation is 1. The average molecular weight is 360 g/mol. The summed E-state index contributed by atoms with van der Waals surface area (Å²) in [7, 11) is 0. The van der Waals surface area contributed by atoms with Gasteiger partial charge in [0.1, 0.15) is 5.75 Å². The van der Waals surface area contributed by atoms with Crippen LogP contribution in [0.25, 0.3) is 0 Å². The summed E-state index contributed by atoms with van der Waals surface area (Å²) in [4.78, 5) is 18.9. The van der Waals surface area contributed by atoms with Gasteiger partial charge in [-0.15, -0.1) is 11.3 Å². The highest BCUT2D eigenvalue weighted by molar-refractivity contribution is 7.09. The fourth-order valence-corrected chi connectivity index (χ4v) is 3.81. The molecule has 1 aromatic heterocycles. The van der Waals surface area contributed by atoms with Crippen LogP contribution in [0.4, 0.5) is 0 Å². The predicted molar refractivity (Wildman–Crippen MR) is 98.1 cm³/mol. The molecular formula is C19H24N2O3S. The number of para-hydroxylation sites is 1. The van der Waals surface area contributed by atoms with Crippen LogP contribution in [-0.4, -0.2) is 29.8 Å². The Balaban J connectivity index is 1.87. The largest absolute Gasteiger partial charge is 0.493 e. The Hall–Kier alpha value is -1.92. The van der Waals surface area contributed by atoms with E-state index in [9.17, 15) is 4.79 Å². The van der Waals surface area contributed by atoms with Crippen molar-refractivity contribution in [1.29, 1.82) is 0 Å². The van der Waals surface area contributed by atoms with Crippen molar-refractivity contribution >= 4 is 17.2 Å². The first-order valence-corrected chi connectivity index (χ1v) is 9.58. The van der Waals surface area contributed by atoms with Crippen LogP contribution in [0.15, 0.2) is 35.5 Å². The zero-order valence-corrected chi connectivity index (χ0v) is 15.6. The molecule has 1 aromatic carbocycles. The smallest absolute Gasteiger partial charge is 0.283 e. The fraction of sp³-hybridized carbons (Fsp3) is 0.474. The van der Waals surface area contributed by atoms with E-state index >= 15 is 0 Å². The van der Waals surface area contributed by atoms with Crippen LogP contribution in [0.3, 0.4) is 0 Å². The van der Waals surface area contributed by atoms with E-state index < -0.39 is 0 Å². The van der Waals surface area contributed by atoms with Crippen LogP contribution < -0.4 is 9.54 Å². The van der Waals surface area contributed by atoms with Crippen molar-refractivity contribution in [3.8, 4) is 5.75 Å². The van der Waals surface area contributed by atoms with Gasteiger partial charge in [-0.25, -0.2) is 0 Å². The summed E-state index contributed by atoms with van der Waals surface area (Å²) in [5, 5.41) is 0. The normalized spacial score (nSPS) is 18.3. The van der Waals surface area contributed by atoms with Crippen molar-refractivity contribution in [2.24, 2.45) is 4.99 Å². The SMILES string of the molecule is CCOc1ccccc1C(=O)/N=c1\sc(C)cn1CC1CCCCO1. The Bertz CT molecular complexity index is 788. The second kappa shape index (κ2) is 8.45. The zero-order valence-electron chi connectivity index (χ0n) is 14.7. The van der Waals surface area contributed by atoms with Crippen LogP contribution in [-0.2, 0) is 11.3 Å². The van der Waals surface area contributed by atoms with Crippen molar-refractivity contribution < 1.29 is 14.3 Å². The molecule has 1 unspecified atom stereocenters. The first kappa shape index (κ1) is 17.9. The van der Waals surface area contributed by atoms with Gasteiger partial charge in [0.05, 0.1) is 24.8 Å². The molecule has 1 atom stereocenters. The van der Waals surface area contributed by atoms with Gasteiger partial charge in [0.2, 0.25) is 0 Å².